The van der Waals surface area contributed by atoms with Crippen LogP contribution in [0.5, 0.6) is 5.75 Å². The van der Waals surface area contributed by atoms with Gasteiger partial charge in [-0.3, -0.25) is 23.9 Å². The lowest BCUT2D eigenvalue weighted by Gasteiger charge is -2.22. The smallest absolute Gasteiger partial charge is 0.302 e. The Morgan fingerprint density at radius 3 is 2.12 bits per heavy atom. The van der Waals surface area contributed by atoms with Crippen LogP contribution in [-0.4, -0.2) is 79.2 Å². The van der Waals surface area contributed by atoms with Crippen LogP contribution in [0.25, 0.3) is 0 Å². The summed E-state index contributed by atoms with van der Waals surface area (Å²) in [6.45, 7) is 5.48. The largest absolute Gasteiger partial charge is 0.493 e. The molecule has 0 bridgehead atoms. The van der Waals surface area contributed by atoms with E-state index in [0.717, 1.165) is 10.4 Å². The minimum Gasteiger partial charge on any atom is -0.493 e. The van der Waals surface area contributed by atoms with Crippen LogP contribution in [0.2, 0.25) is 0 Å². The minimum atomic E-state index is -4.27. The van der Waals surface area contributed by atoms with Crippen molar-refractivity contribution in [1.29, 1.82) is 0 Å². The Morgan fingerprint density at radius 2 is 1.61 bits per heavy atom. The quantitative estimate of drug-likeness (QED) is 0.270. The van der Waals surface area contributed by atoms with Gasteiger partial charge in [0.1, 0.15) is 24.7 Å². The molecule has 226 valence electrons. The van der Waals surface area contributed by atoms with Gasteiger partial charge in [0, 0.05) is 34.0 Å². The molecule has 0 saturated heterocycles. The second-order valence-corrected chi connectivity index (χ2v) is 10.9. The number of nitrogens with two attached hydrogens (primary N) is 1. The van der Waals surface area contributed by atoms with Crippen molar-refractivity contribution in [3.8, 4) is 5.75 Å². The lowest BCUT2D eigenvalue weighted by molar-refractivity contribution is -0.141. The van der Waals surface area contributed by atoms with E-state index in [4.69, 9.17) is 19.9 Å². The second-order valence-electron chi connectivity index (χ2n) is 8.95. The third-order valence-electron chi connectivity index (χ3n) is 5.67. The summed E-state index contributed by atoms with van der Waals surface area (Å²) in [5.74, 6) is -2.60. The number of primary amides is 1. The molecule has 0 atom stereocenters. The van der Waals surface area contributed by atoms with Crippen molar-refractivity contribution in [1.82, 2.24) is 14.1 Å². The van der Waals surface area contributed by atoms with Crippen LogP contribution in [0.4, 0.5) is 5.69 Å². The normalized spacial score (nSPS) is 11.3. The summed E-state index contributed by atoms with van der Waals surface area (Å²) in [6.07, 6.45) is 1.74. The number of nitrogens with zero attached hydrogens (tertiary/aromatic N) is 3. The molecule has 0 spiro atoms. The SMILES string of the molecule is CCCOc1ccc(S(=O)(=O)N(CCOC(C)=O)CCOC(C)=O)cc1C(=O)Nc1c(CCC)nn(C)c1C(N)=O. The third-order valence-corrected chi connectivity index (χ3v) is 7.56. The first-order valence-corrected chi connectivity index (χ1v) is 14.5. The van der Waals surface area contributed by atoms with Crippen LogP contribution in [0, 0.1) is 0 Å². The first-order chi connectivity index (χ1) is 19.3. The fraction of sp³-hybridized carbons (Fsp3) is 0.500. The summed E-state index contributed by atoms with van der Waals surface area (Å²) in [5.41, 5.74) is 6.00. The van der Waals surface area contributed by atoms with E-state index < -0.39 is 33.8 Å². The van der Waals surface area contributed by atoms with Crippen LogP contribution in [0.15, 0.2) is 23.1 Å². The number of nitrogens with one attached hydrogen (secondary N) is 1. The number of rotatable bonds is 16. The first-order valence-electron chi connectivity index (χ1n) is 13.0. The zero-order chi connectivity index (χ0) is 30.7. The number of carbonyl (C=O) groups excluding carboxylic acids is 4. The number of esters is 2. The summed E-state index contributed by atoms with van der Waals surface area (Å²) in [4.78, 5) is 47.9. The van der Waals surface area contributed by atoms with Crippen molar-refractivity contribution < 1.29 is 41.8 Å². The molecule has 1 aromatic heterocycles. The van der Waals surface area contributed by atoms with E-state index in [9.17, 15) is 27.6 Å². The van der Waals surface area contributed by atoms with Gasteiger partial charge in [-0.25, -0.2) is 8.42 Å². The Morgan fingerprint density at radius 1 is 1.00 bits per heavy atom. The summed E-state index contributed by atoms with van der Waals surface area (Å²) in [7, 11) is -2.75. The number of anilines is 1. The van der Waals surface area contributed by atoms with E-state index in [1.54, 1.807) is 0 Å². The van der Waals surface area contributed by atoms with Crippen molar-refractivity contribution in [2.75, 3.05) is 38.2 Å². The van der Waals surface area contributed by atoms with E-state index in [2.05, 4.69) is 10.4 Å². The van der Waals surface area contributed by atoms with E-state index in [1.807, 2.05) is 13.8 Å². The number of aryl methyl sites for hydroxylation is 2. The van der Waals surface area contributed by atoms with Crippen molar-refractivity contribution in [3.63, 3.8) is 0 Å². The number of carbonyl (C=O) groups is 4. The van der Waals surface area contributed by atoms with Gasteiger partial charge in [0.2, 0.25) is 10.0 Å². The molecule has 15 heteroatoms. The summed E-state index contributed by atoms with van der Waals surface area (Å²) in [5, 5.41) is 6.97. The molecule has 0 aliphatic carbocycles. The van der Waals surface area contributed by atoms with Gasteiger partial charge < -0.3 is 25.3 Å². The lowest BCUT2D eigenvalue weighted by Crippen LogP contribution is -2.37. The fourth-order valence-corrected chi connectivity index (χ4v) is 5.29. The molecule has 0 saturated carbocycles. The van der Waals surface area contributed by atoms with Crippen LogP contribution in [0.3, 0.4) is 0 Å². The highest BCUT2D eigenvalue weighted by molar-refractivity contribution is 7.89. The molecule has 1 heterocycles. The number of aromatic nitrogens is 2. The summed E-state index contributed by atoms with van der Waals surface area (Å²) in [6, 6.07) is 3.79. The Kier molecular flexibility index (Phi) is 12.3. The number of hydrogen-bond donors (Lipinski definition) is 2. The minimum absolute atomic E-state index is 0.0104. The monoisotopic (exact) mass is 595 g/mol. The van der Waals surface area contributed by atoms with Gasteiger partial charge in [-0.05, 0) is 31.0 Å². The predicted molar refractivity (Wildman–Crippen MR) is 148 cm³/mol. The molecular formula is C26H37N5O9S. The molecule has 0 aliphatic heterocycles. The van der Waals surface area contributed by atoms with Crippen LogP contribution in [0.1, 0.15) is 67.1 Å². The van der Waals surface area contributed by atoms with Crippen molar-refractivity contribution in [3.05, 3.63) is 35.2 Å². The number of sulfonamides is 1. The maximum Gasteiger partial charge on any atom is 0.302 e. The highest BCUT2D eigenvalue weighted by Crippen LogP contribution is 2.28. The number of ether oxygens (including phenoxy) is 3. The lowest BCUT2D eigenvalue weighted by atomic mass is 10.1. The average Bonchev–Trinajstić information content (AvgIpc) is 3.20. The third kappa shape index (κ3) is 9.01. The Bertz CT molecular complexity index is 1350. The maximum atomic E-state index is 13.6. The van der Waals surface area contributed by atoms with Gasteiger partial charge in [-0.1, -0.05) is 20.3 Å². The highest BCUT2D eigenvalue weighted by atomic mass is 32.2. The standard InChI is InChI=1S/C26H37N5O9S/c1-6-8-21-23(24(25(27)34)30(5)29-21)28-26(35)20-16-19(9-10-22(20)40-13-7-2)41(36,37)31(11-14-38-17(3)32)12-15-39-18(4)33/h9-10,16H,6-8,11-15H2,1-5H3,(H2,27,34)(H,28,35). The van der Waals surface area contributed by atoms with E-state index >= 15 is 0 Å². The van der Waals surface area contributed by atoms with Gasteiger partial charge in [-0.2, -0.15) is 9.40 Å². The number of benzene rings is 1. The summed E-state index contributed by atoms with van der Waals surface area (Å²) >= 11 is 0. The fourth-order valence-electron chi connectivity index (χ4n) is 3.85. The molecule has 2 aromatic rings. The molecule has 41 heavy (non-hydrogen) atoms. The molecule has 3 N–H and O–H groups in total. The Balaban J connectivity index is 2.54. The van der Waals surface area contributed by atoms with Crippen LogP contribution >= 0.6 is 0 Å². The van der Waals surface area contributed by atoms with Gasteiger partial charge in [0.15, 0.2) is 0 Å². The zero-order valence-electron chi connectivity index (χ0n) is 23.9. The van der Waals surface area contributed by atoms with E-state index in [1.165, 1.54) is 37.7 Å². The zero-order valence-corrected chi connectivity index (χ0v) is 24.7. The topological polar surface area (TPSA) is 189 Å². The molecule has 0 aliphatic rings. The molecule has 2 amide bonds. The molecule has 1 aromatic carbocycles. The van der Waals surface area contributed by atoms with Crippen molar-refractivity contribution >= 4 is 39.5 Å². The molecule has 0 radical (unpaired) electrons. The van der Waals surface area contributed by atoms with Crippen molar-refractivity contribution in [2.45, 2.75) is 51.9 Å². The van der Waals surface area contributed by atoms with E-state index in [0.29, 0.717) is 25.0 Å². The van der Waals surface area contributed by atoms with E-state index in [-0.39, 0.29) is 60.5 Å². The van der Waals surface area contributed by atoms with Gasteiger partial charge >= 0.3 is 11.9 Å². The first kappa shape index (κ1) is 33.2. The molecule has 0 unspecified atom stereocenters. The second kappa shape index (κ2) is 15.1. The number of amides is 2. The number of hydrogen-bond acceptors (Lipinski definition) is 10. The summed E-state index contributed by atoms with van der Waals surface area (Å²) < 4.78 is 45.0. The van der Waals surface area contributed by atoms with Gasteiger partial charge in [0.25, 0.3) is 11.8 Å². The molecule has 0 fully saturated rings. The molecule has 2 rings (SSSR count). The molecular weight excluding hydrogens is 558 g/mol. The van der Waals surface area contributed by atoms with Gasteiger partial charge in [0.05, 0.1) is 28.4 Å². The van der Waals surface area contributed by atoms with Crippen LogP contribution < -0.4 is 15.8 Å². The molecule has 14 nitrogen and oxygen atoms in total. The maximum absolute atomic E-state index is 13.6. The van der Waals surface area contributed by atoms with Gasteiger partial charge in [-0.15, -0.1) is 0 Å². The van der Waals surface area contributed by atoms with Crippen molar-refractivity contribution in [2.24, 2.45) is 12.8 Å². The Labute approximate surface area is 239 Å². The average molecular weight is 596 g/mol. The predicted octanol–water partition coefficient (Wildman–Crippen LogP) is 1.63. The highest BCUT2D eigenvalue weighted by Gasteiger charge is 2.28. The van der Waals surface area contributed by atoms with Crippen LogP contribution in [-0.2, 0) is 42.6 Å². The Hall–Kier alpha value is -3.98.